The van der Waals surface area contributed by atoms with Crippen LogP contribution in [0.3, 0.4) is 0 Å². The molecular weight excluding hydrogens is 438 g/mol. The smallest absolute Gasteiger partial charge is 0.336 e. The van der Waals surface area contributed by atoms with E-state index in [1.165, 1.54) is 19.8 Å². The monoisotopic (exact) mass is 469 g/mol. The largest absolute Gasteiger partial charge is 0.466 e. The van der Waals surface area contributed by atoms with Crippen molar-refractivity contribution in [2.45, 2.75) is 32.6 Å². The normalized spacial score (nSPS) is 14.5. The maximum atomic E-state index is 13.2. The molecule has 0 saturated carbocycles. The molecule has 0 spiro atoms. The maximum Gasteiger partial charge on any atom is 0.336 e. The number of aryl methyl sites for hydroxylation is 1. The number of nitrogens with zero attached hydrogens (tertiary/aromatic N) is 1. The Kier molecular flexibility index (Phi) is 7.35. The Hall–Kier alpha value is -3.86. The fraction of sp³-hybridized carbons (Fsp3) is 0.267. The van der Waals surface area contributed by atoms with Gasteiger partial charge in [-0.3, -0.25) is 0 Å². The van der Waals surface area contributed by atoms with Gasteiger partial charge in [-0.15, -0.1) is 0 Å². The average Bonchev–Trinajstić information content (AvgIpc) is 2.89. The number of allylic oxidation sites excluding steroid dienone is 2. The summed E-state index contributed by atoms with van der Waals surface area (Å²) in [6, 6.07) is 24.2. The van der Waals surface area contributed by atoms with Crippen molar-refractivity contribution in [1.29, 1.82) is 0 Å². The molecule has 0 amide bonds. The number of benzene rings is 3. The molecule has 35 heavy (non-hydrogen) atoms. The summed E-state index contributed by atoms with van der Waals surface area (Å²) < 4.78 is 10.5. The van der Waals surface area contributed by atoms with Crippen molar-refractivity contribution in [2.24, 2.45) is 0 Å². The predicted octanol–water partition coefficient (Wildman–Crippen LogP) is 5.77. The molecule has 180 valence electrons. The van der Waals surface area contributed by atoms with Gasteiger partial charge >= 0.3 is 11.9 Å². The van der Waals surface area contributed by atoms with Crippen molar-refractivity contribution < 1.29 is 19.1 Å². The molecule has 1 aliphatic heterocycles. The summed E-state index contributed by atoms with van der Waals surface area (Å²) in [5.74, 6) is -1.48. The SMILES string of the molecule is COC(=O)C1=C(C)N(CCCc2ccccc2)C(C)=C(C(=O)OC)C1c1cccc2ccccc12. The van der Waals surface area contributed by atoms with Crippen molar-refractivity contribution in [3.63, 3.8) is 0 Å². The van der Waals surface area contributed by atoms with Crippen LogP contribution in [0, 0.1) is 0 Å². The zero-order valence-electron chi connectivity index (χ0n) is 20.7. The molecule has 0 aromatic heterocycles. The quantitative estimate of drug-likeness (QED) is 0.412. The van der Waals surface area contributed by atoms with Gasteiger partial charge in [0.25, 0.3) is 0 Å². The second-order valence-corrected chi connectivity index (χ2v) is 8.72. The number of rotatable bonds is 7. The number of carbonyl (C=O) groups is 2. The Balaban J connectivity index is 1.83. The number of esters is 2. The van der Waals surface area contributed by atoms with Gasteiger partial charge in [0.1, 0.15) is 0 Å². The topological polar surface area (TPSA) is 55.8 Å². The van der Waals surface area contributed by atoms with Crippen LogP contribution in [0.2, 0.25) is 0 Å². The molecule has 4 rings (SSSR count). The Morgan fingerprint density at radius 1 is 0.771 bits per heavy atom. The van der Waals surface area contributed by atoms with E-state index >= 15 is 0 Å². The molecule has 0 fully saturated rings. The van der Waals surface area contributed by atoms with E-state index in [9.17, 15) is 9.59 Å². The third-order valence-corrected chi connectivity index (χ3v) is 6.80. The lowest BCUT2D eigenvalue weighted by Gasteiger charge is -2.38. The van der Waals surface area contributed by atoms with E-state index in [2.05, 4.69) is 17.0 Å². The summed E-state index contributed by atoms with van der Waals surface area (Å²) in [4.78, 5) is 28.5. The van der Waals surface area contributed by atoms with Gasteiger partial charge in [-0.2, -0.15) is 0 Å². The molecule has 0 radical (unpaired) electrons. The first-order valence-electron chi connectivity index (χ1n) is 11.8. The van der Waals surface area contributed by atoms with E-state index in [1.54, 1.807) is 0 Å². The van der Waals surface area contributed by atoms with E-state index in [0.29, 0.717) is 17.7 Å². The molecule has 0 atom stereocenters. The third-order valence-electron chi connectivity index (χ3n) is 6.80. The fourth-order valence-electron chi connectivity index (χ4n) is 5.09. The van der Waals surface area contributed by atoms with Gasteiger partial charge in [-0.1, -0.05) is 72.8 Å². The Bertz CT molecular complexity index is 1260. The number of hydrogen-bond donors (Lipinski definition) is 0. The van der Waals surface area contributed by atoms with Gasteiger partial charge in [-0.25, -0.2) is 9.59 Å². The lowest BCUT2D eigenvalue weighted by Crippen LogP contribution is -2.35. The molecule has 0 bridgehead atoms. The van der Waals surface area contributed by atoms with Crippen LogP contribution in [-0.2, 0) is 25.5 Å². The molecule has 0 unspecified atom stereocenters. The van der Waals surface area contributed by atoms with E-state index < -0.39 is 17.9 Å². The summed E-state index contributed by atoms with van der Waals surface area (Å²) >= 11 is 0. The van der Waals surface area contributed by atoms with Crippen LogP contribution in [0.1, 0.15) is 37.3 Å². The standard InChI is InChI=1S/C30H31NO4/c1-20-26(29(32)34-3)28(25-18-10-16-23-15-8-9-17-24(23)25)27(30(33)35-4)21(2)31(20)19-11-14-22-12-6-5-7-13-22/h5-10,12-13,15-18,28H,11,14,19H2,1-4H3. The van der Waals surface area contributed by atoms with Crippen molar-refractivity contribution in [3.8, 4) is 0 Å². The minimum atomic E-state index is -0.591. The van der Waals surface area contributed by atoms with Gasteiger partial charge in [0.2, 0.25) is 0 Å². The Labute approximate surface area is 206 Å². The van der Waals surface area contributed by atoms with Gasteiger partial charge in [-0.05, 0) is 48.6 Å². The molecule has 0 N–H and O–H groups in total. The first-order chi connectivity index (χ1) is 17.0. The minimum Gasteiger partial charge on any atom is -0.466 e. The summed E-state index contributed by atoms with van der Waals surface area (Å²) in [5, 5.41) is 2.03. The average molecular weight is 470 g/mol. The highest BCUT2D eigenvalue weighted by Crippen LogP contribution is 2.44. The van der Waals surface area contributed by atoms with Crippen molar-refractivity contribution in [3.05, 3.63) is 106 Å². The van der Waals surface area contributed by atoms with Crippen LogP contribution in [0.4, 0.5) is 0 Å². The van der Waals surface area contributed by atoms with Crippen LogP contribution < -0.4 is 0 Å². The highest BCUT2D eigenvalue weighted by Gasteiger charge is 2.40. The lowest BCUT2D eigenvalue weighted by atomic mass is 9.78. The zero-order chi connectivity index (χ0) is 24.9. The summed E-state index contributed by atoms with van der Waals surface area (Å²) in [5.41, 5.74) is 4.67. The maximum absolute atomic E-state index is 13.2. The summed E-state index contributed by atoms with van der Waals surface area (Å²) in [6.07, 6.45) is 1.76. The van der Waals surface area contributed by atoms with Crippen molar-refractivity contribution in [2.75, 3.05) is 20.8 Å². The first kappa shape index (κ1) is 24.3. The number of ether oxygens (including phenoxy) is 2. The highest BCUT2D eigenvalue weighted by molar-refractivity contribution is 6.02. The number of hydrogen-bond acceptors (Lipinski definition) is 5. The van der Waals surface area contributed by atoms with Gasteiger partial charge in [0.05, 0.1) is 31.3 Å². The third kappa shape index (κ3) is 4.72. The molecule has 5 heteroatoms. The van der Waals surface area contributed by atoms with E-state index in [1.807, 2.05) is 74.5 Å². The molecule has 3 aromatic rings. The van der Waals surface area contributed by atoms with Gasteiger partial charge < -0.3 is 14.4 Å². The zero-order valence-corrected chi connectivity index (χ0v) is 20.7. The molecule has 1 heterocycles. The van der Waals surface area contributed by atoms with Crippen LogP contribution in [0.15, 0.2) is 95.3 Å². The van der Waals surface area contributed by atoms with Crippen LogP contribution in [-0.4, -0.2) is 37.6 Å². The van der Waals surface area contributed by atoms with Crippen LogP contribution in [0.5, 0.6) is 0 Å². The molecule has 3 aromatic carbocycles. The van der Waals surface area contributed by atoms with Crippen LogP contribution >= 0.6 is 0 Å². The number of fused-ring (bicyclic) bond motifs is 1. The first-order valence-corrected chi connectivity index (χ1v) is 11.8. The van der Waals surface area contributed by atoms with E-state index in [-0.39, 0.29) is 0 Å². The van der Waals surface area contributed by atoms with Gasteiger partial charge in [0, 0.05) is 17.9 Å². The Morgan fingerprint density at radius 2 is 1.34 bits per heavy atom. The van der Waals surface area contributed by atoms with E-state index in [0.717, 1.165) is 40.6 Å². The van der Waals surface area contributed by atoms with Crippen molar-refractivity contribution in [1.82, 2.24) is 4.90 Å². The summed E-state index contributed by atoms with van der Waals surface area (Å²) in [6.45, 7) is 4.53. The van der Waals surface area contributed by atoms with Crippen molar-refractivity contribution >= 4 is 22.7 Å². The van der Waals surface area contributed by atoms with E-state index in [4.69, 9.17) is 9.47 Å². The Morgan fingerprint density at radius 3 is 1.97 bits per heavy atom. The molecule has 5 nitrogen and oxygen atoms in total. The minimum absolute atomic E-state index is 0.442. The second kappa shape index (κ2) is 10.6. The van der Waals surface area contributed by atoms with Crippen LogP contribution in [0.25, 0.3) is 10.8 Å². The highest BCUT2D eigenvalue weighted by atomic mass is 16.5. The molecule has 0 aliphatic carbocycles. The molecule has 0 saturated heterocycles. The van der Waals surface area contributed by atoms with Gasteiger partial charge in [0.15, 0.2) is 0 Å². The fourth-order valence-corrected chi connectivity index (χ4v) is 5.09. The molecular formula is C30H31NO4. The molecule has 1 aliphatic rings. The number of carbonyl (C=O) groups excluding carboxylic acids is 2. The predicted molar refractivity (Wildman–Crippen MR) is 138 cm³/mol. The lowest BCUT2D eigenvalue weighted by molar-refractivity contribution is -0.137. The summed E-state index contributed by atoms with van der Waals surface area (Å²) in [7, 11) is 2.76. The second-order valence-electron chi connectivity index (χ2n) is 8.72. The number of methoxy groups -OCH3 is 2.